The SMILES string of the molecule is Cc1ccc2c(c1)sc(=NC(=O)c1cccc(C(F)(F)F)c1)n2[C@@H](C)C(=O)NC[C@@H]1CCCO1. The van der Waals surface area contributed by atoms with Gasteiger partial charge in [-0.25, -0.2) is 0 Å². The van der Waals surface area contributed by atoms with Crippen LogP contribution in [-0.4, -0.2) is 35.6 Å². The molecule has 2 atom stereocenters. The number of carbonyl (C=O) groups is 2. The first kappa shape index (κ1) is 24.2. The van der Waals surface area contributed by atoms with Gasteiger partial charge in [0.1, 0.15) is 6.04 Å². The topological polar surface area (TPSA) is 72.7 Å². The Kier molecular flexibility index (Phi) is 6.90. The number of halogens is 3. The van der Waals surface area contributed by atoms with Gasteiger partial charge in [-0.05, 0) is 62.6 Å². The molecule has 0 spiro atoms. The maximum atomic E-state index is 13.1. The van der Waals surface area contributed by atoms with Gasteiger partial charge in [0.15, 0.2) is 4.80 Å². The van der Waals surface area contributed by atoms with Gasteiger partial charge in [0, 0.05) is 18.7 Å². The largest absolute Gasteiger partial charge is 0.416 e. The lowest BCUT2D eigenvalue weighted by Crippen LogP contribution is -2.38. The fourth-order valence-corrected chi connectivity index (χ4v) is 5.06. The highest BCUT2D eigenvalue weighted by atomic mass is 32.1. The molecule has 4 rings (SSSR count). The van der Waals surface area contributed by atoms with Crippen LogP contribution in [0.5, 0.6) is 0 Å². The van der Waals surface area contributed by atoms with Crippen molar-refractivity contribution >= 4 is 33.4 Å². The zero-order chi connectivity index (χ0) is 24.5. The molecule has 2 amide bonds. The molecule has 2 aromatic carbocycles. The van der Waals surface area contributed by atoms with E-state index in [0.29, 0.717) is 18.7 Å². The lowest BCUT2D eigenvalue weighted by atomic mass is 10.1. The lowest BCUT2D eigenvalue weighted by molar-refractivity contribution is -0.137. The molecule has 6 nitrogen and oxygen atoms in total. The van der Waals surface area contributed by atoms with E-state index in [-0.39, 0.29) is 22.4 Å². The van der Waals surface area contributed by atoms with Crippen LogP contribution in [0.3, 0.4) is 0 Å². The quantitative estimate of drug-likeness (QED) is 0.566. The Morgan fingerprint density at radius 3 is 2.76 bits per heavy atom. The Bertz CT molecular complexity index is 1290. The van der Waals surface area contributed by atoms with Gasteiger partial charge in [0.05, 0.1) is 21.9 Å². The van der Waals surface area contributed by atoms with Crippen LogP contribution in [0, 0.1) is 6.92 Å². The summed E-state index contributed by atoms with van der Waals surface area (Å²) in [7, 11) is 0. The van der Waals surface area contributed by atoms with Gasteiger partial charge < -0.3 is 14.6 Å². The summed E-state index contributed by atoms with van der Waals surface area (Å²) >= 11 is 1.21. The number of benzene rings is 2. The minimum absolute atomic E-state index is 0.0188. The monoisotopic (exact) mass is 491 g/mol. The van der Waals surface area contributed by atoms with E-state index in [1.807, 2.05) is 25.1 Å². The predicted octanol–water partition coefficient (Wildman–Crippen LogP) is 4.63. The molecular weight excluding hydrogens is 467 g/mol. The Morgan fingerprint density at radius 2 is 2.06 bits per heavy atom. The van der Waals surface area contributed by atoms with Crippen molar-refractivity contribution in [1.29, 1.82) is 0 Å². The number of aryl methyl sites for hydroxylation is 1. The number of ether oxygens (including phenoxy) is 1. The molecule has 34 heavy (non-hydrogen) atoms. The molecule has 0 unspecified atom stereocenters. The number of hydrogen-bond acceptors (Lipinski definition) is 4. The van der Waals surface area contributed by atoms with Crippen molar-refractivity contribution in [2.45, 2.75) is 45.0 Å². The fraction of sp³-hybridized carbons (Fsp3) is 0.375. The summed E-state index contributed by atoms with van der Waals surface area (Å²) in [5.41, 5.74) is 0.610. The van der Waals surface area contributed by atoms with Gasteiger partial charge in [-0.15, -0.1) is 0 Å². The van der Waals surface area contributed by atoms with E-state index in [1.165, 1.54) is 23.5 Å². The van der Waals surface area contributed by atoms with Crippen molar-refractivity contribution in [2.24, 2.45) is 4.99 Å². The average Bonchev–Trinajstić information content (AvgIpc) is 3.43. The van der Waals surface area contributed by atoms with Gasteiger partial charge in [0.2, 0.25) is 5.91 Å². The standard InChI is InChI=1S/C24H24F3N3O3S/c1-14-8-9-19-20(11-14)34-23(29-22(32)16-5-3-6-17(12-16)24(25,26)27)30(19)15(2)21(31)28-13-18-7-4-10-33-18/h3,5-6,8-9,11-12,15,18H,4,7,10,13H2,1-2H3,(H,28,31)/t15-,18-/m0/s1. The zero-order valence-corrected chi connectivity index (χ0v) is 19.5. The molecule has 0 aliphatic carbocycles. The minimum atomic E-state index is -4.57. The first-order chi connectivity index (χ1) is 16.1. The van der Waals surface area contributed by atoms with Crippen LogP contribution in [0.15, 0.2) is 47.5 Å². The first-order valence-corrected chi connectivity index (χ1v) is 11.7. The summed E-state index contributed by atoms with van der Waals surface area (Å²) in [6, 6.07) is 9.10. The van der Waals surface area contributed by atoms with E-state index < -0.39 is 23.7 Å². The number of alkyl halides is 3. The molecule has 0 bridgehead atoms. The number of hydrogen-bond donors (Lipinski definition) is 1. The van der Waals surface area contributed by atoms with Crippen LogP contribution in [0.2, 0.25) is 0 Å². The molecule has 3 aromatic rings. The fourth-order valence-electron chi connectivity index (χ4n) is 3.87. The van der Waals surface area contributed by atoms with Crippen molar-refractivity contribution in [3.05, 3.63) is 64.0 Å². The average molecular weight is 492 g/mol. The van der Waals surface area contributed by atoms with Gasteiger partial charge in [0.25, 0.3) is 5.91 Å². The number of nitrogens with one attached hydrogen (secondary N) is 1. The van der Waals surface area contributed by atoms with Gasteiger partial charge in [-0.2, -0.15) is 18.2 Å². The van der Waals surface area contributed by atoms with E-state index >= 15 is 0 Å². The second-order valence-corrected chi connectivity index (χ2v) is 9.29. The van der Waals surface area contributed by atoms with Crippen LogP contribution in [0.4, 0.5) is 13.2 Å². The Morgan fingerprint density at radius 1 is 1.26 bits per heavy atom. The Balaban J connectivity index is 1.71. The van der Waals surface area contributed by atoms with Crippen molar-refractivity contribution in [2.75, 3.05) is 13.2 Å². The molecule has 1 saturated heterocycles. The number of fused-ring (bicyclic) bond motifs is 1. The first-order valence-electron chi connectivity index (χ1n) is 10.9. The van der Waals surface area contributed by atoms with E-state index in [4.69, 9.17) is 4.74 Å². The highest BCUT2D eigenvalue weighted by Gasteiger charge is 2.31. The third-order valence-corrected chi connectivity index (χ3v) is 6.73. The number of nitrogens with zero attached hydrogens (tertiary/aromatic N) is 2. The molecule has 0 radical (unpaired) electrons. The molecule has 1 aliphatic heterocycles. The molecular formula is C24H24F3N3O3S. The van der Waals surface area contributed by atoms with E-state index in [1.54, 1.807) is 11.5 Å². The van der Waals surface area contributed by atoms with Gasteiger partial charge in [-0.1, -0.05) is 23.5 Å². The number of rotatable bonds is 5. The van der Waals surface area contributed by atoms with Gasteiger partial charge >= 0.3 is 6.18 Å². The minimum Gasteiger partial charge on any atom is -0.376 e. The maximum absolute atomic E-state index is 13.1. The van der Waals surface area contributed by atoms with Crippen LogP contribution in [0.1, 0.15) is 47.3 Å². The van der Waals surface area contributed by atoms with Crippen LogP contribution in [-0.2, 0) is 15.7 Å². The highest BCUT2D eigenvalue weighted by Crippen LogP contribution is 2.30. The second kappa shape index (κ2) is 9.71. The summed E-state index contributed by atoms with van der Waals surface area (Å²) in [6.45, 7) is 4.69. The number of carbonyl (C=O) groups excluding carboxylic acids is 2. The molecule has 0 saturated carbocycles. The molecule has 10 heteroatoms. The van der Waals surface area contributed by atoms with Crippen molar-refractivity contribution in [3.63, 3.8) is 0 Å². The zero-order valence-electron chi connectivity index (χ0n) is 18.7. The van der Waals surface area contributed by atoms with Crippen molar-refractivity contribution in [1.82, 2.24) is 9.88 Å². The molecule has 2 heterocycles. The van der Waals surface area contributed by atoms with E-state index in [9.17, 15) is 22.8 Å². The summed E-state index contributed by atoms with van der Waals surface area (Å²) < 4.78 is 47.3. The van der Waals surface area contributed by atoms with Crippen LogP contribution < -0.4 is 10.1 Å². The molecule has 1 N–H and O–H groups in total. The molecule has 1 aromatic heterocycles. The normalized spacial score (nSPS) is 17.8. The van der Waals surface area contributed by atoms with Crippen LogP contribution >= 0.6 is 11.3 Å². The van der Waals surface area contributed by atoms with Gasteiger partial charge in [-0.3, -0.25) is 9.59 Å². The summed E-state index contributed by atoms with van der Waals surface area (Å²) in [4.78, 5) is 30.1. The van der Waals surface area contributed by atoms with Crippen molar-refractivity contribution < 1.29 is 27.5 Å². The molecule has 1 aliphatic rings. The Hall–Kier alpha value is -2.98. The van der Waals surface area contributed by atoms with Crippen LogP contribution in [0.25, 0.3) is 10.2 Å². The smallest absolute Gasteiger partial charge is 0.376 e. The third-order valence-electron chi connectivity index (χ3n) is 5.71. The predicted molar refractivity (Wildman–Crippen MR) is 123 cm³/mol. The lowest BCUT2D eigenvalue weighted by Gasteiger charge is -2.17. The molecule has 180 valence electrons. The number of amides is 2. The number of thiazole rings is 1. The summed E-state index contributed by atoms with van der Waals surface area (Å²) in [5.74, 6) is -1.07. The highest BCUT2D eigenvalue weighted by molar-refractivity contribution is 7.16. The van der Waals surface area contributed by atoms with Crippen molar-refractivity contribution in [3.8, 4) is 0 Å². The third kappa shape index (κ3) is 5.23. The van der Waals surface area contributed by atoms with E-state index in [0.717, 1.165) is 35.2 Å². The van der Waals surface area contributed by atoms with E-state index in [2.05, 4.69) is 10.3 Å². The summed E-state index contributed by atoms with van der Waals surface area (Å²) in [6.07, 6.45) is -2.75. The molecule has 1 fully saturated rings. The Labute approximate surface area is 198 Å². The summed E-state index contributed by atoms with van der Waals surface area (Å²) in [5, 5.41) is 2.89. The maximum Gasteiger partial charge on any atom is 0.416 e. The number of aromatic nitrogens is 1. The second-order valence-electron chi connectivity index (χ2n) is 8.28.